The van der Waals surface area contributed by atoms with Crippen LogP contribution < -0.4 is 0 Å². The zero-order valence-corrected chi connectivity index (χ0v) is 6.65. The third kappa shape index (κ3) is 1.90. The topological polar surface area (TPSA) is 54.5 Å². The highest BCUT2D eigenvalue weighted by molar-refractivity contribution is 5.47. The standard InChI is InChI=1S/C8H8N4.CH4/c1-6-10-8(12-11-6)7-4-2-3-5-9-7;/h2-5H,1H3,(H,10,11,12);1H4. The van der Waals surface area contributed by atoms with Crippen LogP contribution in [0.25, 0.3) is 11.5 Å². The molecule has 0 aromatic carbocycles. The molecule has 0 amide bonds. The van der Waals surface area contributed by atoms with Crippen LogP contribution in [0.2, 0.25) is 0 Å². The molecule has 0 aliphatic heterocycles. The van der Waals surface area contributed by atoms with E-state index < -0.39 is 0 Å². The predicted molar refractivity (Wildman–Crippen MR) is 51.1 cm³/mol. The molecule has 4 nitrogen and oxygen atoms in total. The van der Waals surface area contributed by atoms with Gasteiger partial charge in [-0.15, -0.1) is 0 Å². The van der Waals surface area contributed by atoms with Gasteiger partial charge in [-0.3, -0.25) is 10.1 Å². The molecular weight excluding hydrogens is 164 g/mol. The summed E-state index contributed by atoms with van der Waals surface area (Å²) < 4.78 is 0. The Morgan fingerprint density at radius 2 is 2.15 bits per heavy atom. The first kappa shape index (κ1) is 9.38. The van der Waals surface area contributed by atoms with E-state index in [0.29, 0.717) is 5.82 Å². The van der Waals surface area contributed by atoms with E-state index in [4.69, 9.17) is 0 Å². The van der Waals surface area contributed by atoms with Crippen molar-refractivity contribution in [1.82, 2.24) is 20.2 Å². The summed E-state index contributed by atoms with van der Waals surface area (Å²) in [7, 11) is 0. The second kappa shape index (κ2) is 3.80. The van der Waals surface area contributed by atoms with Gasteiger partial charge in [0.15, 0.2) is 5.82 Å². The SMILES string of the molecule is C.Cc1nc(-c2ccccn2)n[nH]1. The van der Waals surface area contributed by atoms with E-state index in [1.54, 1.807) is 6.20 Å². The van der Waals surface area contributed by atoms with Crippen molar-refractivity contribution in [1.29, 1.82) is 0 Å². The summed E-state index contributed by atoms with van der Waals surface area (Å²) in [4.78, 5) is 8.27. The van der Waals surface area contributed by atoms with Crippen LogP contribution in [0.3, 0.4) is 0 Å². The minimum Gasteiger partial charge on any atom is -0.263 e. The van der Waals surface area contributed by atoms with Gasteiger partial charge in [-0.25, -0.2) is 4.98 Å². The van der Waals surface area contributed by atoms with Gasteiger partial charge < -0.3 is 0 Å². The summed E-state index contributed by atoms with van der Waals surface area (Å²) >= 11 is 0. The maximum absolute atomic E-state index is 4.15. The van der Waals surface area contributed by atoms with E-state index in [-0.39, 0.29) is 7.43 Å². The lowest BCUT2D eigenvalue weighted by molar-refractivity contribution is 1.04. The van der Waals surface area contributed by atoms with Gasteiger partial charge >= 0.3 is 0 Å². The molecule has 13 heavy (non-hydrogen) atoms. The molecule has 0 bridgehead atoms. The number of aromatic nitrogens is 4. The van der Waals surface area contributed by atoms with E-state index in [2.05, 4.69) is 20.2 Å². The largest absolute Gasteiger partial charge is 0.263 e. The highest BCUT2D eigenvalue weighted by Crippen LogP contribution is 2.08. The molecule has 0 atom stereocenters. The second-order valence-electron chi connectivity index (χ2n) is 2.46. The quantitative estimate of drug-likeness (QED) is 0.721. The van der Waals surface area contributed by atoms with Gasteiger partial charge in [-0.2, -0.15) is 5.10 Å². The molecule has 0 radical (unpaired) electrons. The average Bonchev–Trinajstić information content (AvgIpc) is 2.54. The van der Waals surface area contributed by atoms with E-state index in [0.717, 1.165) is 11.5 Å². The lowest BCUT2D eigenvalue weighted by atomic mass is 10.3. The van der Waals surface area contributed by atoms with Gasteiger partial charge in [0, 0.05) is 6.20 Å². The second-order valence-corrected chi connectivity index (χ2v) is 2.46. The Hall–Kier alpha value is -1.71. The lowest BCUT2D eigenvalue weighted by Crippen LogP contribution is -1.83. The van der Waals surface area contributed by atoms with Crippen molar-refractivity contribution in [3.63, 3.8) is 0 Å². The van der Waals surface area contributed by atoms with Crippen molar-refractivity contribution in [2.45, 2.75) is 14.4 Å². The highest BCUT2D eigenvalue weighted by atomic mass is 15.2. The Balaban J connectivity index is 0.000000845. The Morgan fingerprint density at radius 1 is 1.31 bits per heavy atom. The maximum Gasteiger partial charge on any atom is 0.199 e. The molecule has 2 aromatic heterocycles. The number of aromatic amines is 1. The van der Waals surface area contributed by atoms with Gasteiger partial charge in [0.05, 0.1) is 0 Å². The van der Waals surface area contributed by atoms with Crippen molar-refractivity contribution in [3.8, 4) is 11.5 Å². The smallest absolute Gasteiger partial charge is 0.199 e. The summed E-state index contributed by atoms with van der Waals surface area (Å²) in [6, 6.07) is 5.65. The first-order valence-corrected chi connectivity index (χ1v) is 3.66. The number of pyridine rings is 1. The summed E-state index contributed by atoms with van der Waals surface area (Å²) in [5.74, 6) is 1.45. The molecular formula is C9H12N4. The van der Waals surface area contributed by atoms with Crippen molar-refractivity contribution in [2.24, 2.45) is 0 Å². The van der Waals surface area contributed by atoms with Crippen LogP contribution in [0.1, 0.15) is 13.3 Å². The third-order valence-electron chi connectivity index (χ3n) is 1.49. The Morgan fingerprint density at radius 3 is 2.69 bits per heavy atom. The summed E-state index contributed by atoms with van der Waals surface area (Å²) in [6.45, 7) is 1.86. The van der Waals surface area contributed by atoms with Gasteiger partial charge in [-0.05, 0) is 19.1 Å². The zero-order valence-electron chi connectivity index (χ0n) is 6.65. The zero-order chi connectivity index (χ0) is 8.39. The molecule has 1 N–H and O–H groups in total. The molecule has 2 heterocycles. The van der Waals surface area contributed by atoms with Crippen LogP contribution in [0, 0.1) is 6.92 Å². The van der Waals surface area contributed by atoms with E-state index in [9.17, 15) is 0 Å². The molecule has 0 spiro atoms. The minimum atomic E-state index is 0. The van der Waals surface area contributed by atoms with Crippen molar-refractivity contribution >= 4 is 0 Å². The van der Waals surface area contributed by atoms with Crippen molar-refractivity contribution in [3.05, 3.63) is 30.2 Å². The van der Waals surface area contributed by atoms with Gasteiger partial charge in [0.1, 0.15) is 11.5 Å². The fourth-order valence-corrected chi connectivity index (χ4v) is 0.952. The van der Waals surface area contributed by atoms with E-state index >= 15 is 0 Å². The monoisotopic (exact) mass is 176 g/mol. The highest BCUT2D eigenvalue weighted by Gasteiger charge is 2.02. The lowest BCUT2D eigenvalue weighted by Gasteiger charge is -1.89. The van der Waals surface area contributed by atoms with Crippen LogP contribution in [0.15, 0.2) is 24.4 Å². The van der Waals surface area contributed by atoms with Crippen LogP contribution in [0.4, 0.5) is 0 Å². The van der Waals surface area contributed by atoms with E-state index in [1.165, 1.54) is 0 Å². The van der Waals surface area contributed by atoms with Gasteiger partial charge in [0.25, 0.3) is 0 Å². The predicted octanol–water partition coefficient (Wildman–Crippen LogP) is 1.81. The molecule has 0 aliphatic rings. The first-order chi connectivity index (χ1) is 5.86. The fourth-order valence-electron chi connectivity index (χ4n) is 0.952. The minimum absolute atomic E-state index is 0. The number of rotatable bonds is 1. The molecule has 68 valence electrons. The molecule has 0 saturated heterocycles. The van der Waals surface area contributed by atoms with Crippen LogP contribution >= 0.6 is 0 Å². The summed E-state index contributed by atoms with van der Waals surface area (Å²) in [5.41, 5.74) is 0.793. The van der Waals surface area contributed by atoms with Crippen LogP contribution in [-0.4, -0.2) is 20.2 Å². The molecule has 0 fully saturated rings. The molecule has 2 aromatic rings. The average molecular weight is 176 g/mol. The van der Waals surface area contributed by atoms with Crippen molar-refractivity contribution in [2.75, 3.05) is 0 Å². The third-order valence-corrected chi connectivity index (χ3v) is 1.49. The summed E-state index contributed by atoms with van der Waals surface area (Å²) in [6.07, 6.45) is 1.72. The molecule has 0 aliphatic carbocycles. The van der Waals surface area contributed by atoms with Gasteiger partial charge in [0.2, 0.25) is 0 Å². The van der Waals surface area contributed by atoms with Gasteiger partial charge in [-0.1, -0.05) is 13.5 Å². The van der Waals surface area contributed by atoms with Crippen LogP contribution in [0.5, 0.6) is 0 Å². The normalized spacial score (nSPS) is 9.31. The fraction of sp³-hybridized carbons (Fsp3) is 0.222. The molecule has 2 rings (SSSR count). The van der Waals surface area contributed by atoms with Crippen LogP contribution in [-0.2, 0) is 0 Å². The number of nitrogens with one attached hydrogen (secondary N) is 1. The Kier molecular flexibility index (Phi) is 2.74. The van der Waals surface area contributed by atoms with Crippen molar-refractivity contribution < 1.29 is 0 Å². The Bertz CT molecular complexity index is 366. The number of H-pyrrole nitrogens is 1. The first-order valence-electron chi connectivity index (χ1n) is 3.66. The molecule has 0 saturated carbocycles. The number of hydrogen-bond acceptors (Lipinski definition) is 3. The number of nitrogens with zero attached hydrogens (tertiary/aromatic N) is 3. The number of hydrogen-bond donors (Lipinski definition) is 1. The summed E-state index contributed by atoms with van der Waals surface area (Å²) in [5, 5.41) is 6.75. The molecule has 4 heteroatoms. The number of aryl methyl sites for hydroxylation is 1. The maximum atomic E-state index is 4.15. The Labute approximate surface area is 77.1 Å². The van der Waals surface area contributed by atoms with E-state index in [1.807, 2.05) is 25.1 Å². The molecule has 0 unspecified atom stereocenters.